The maximum absolute atomic E-state index is 12.8. The number of aryl methyl sites for hydroxylation is 3. The van der Waals surface area contributed by atoms with E-state index in [1.807, 2.05) is 52.0 Å². The first kappa shape index (κ1) is 15.5. The summed E-state index contributed by atoms with van der Waals surface area (Å²) in [6, 6.07) is 7.96. The maximum Gasteiger partial charge on any atom is 0.264 e. The van der Waals surface area contributed by atoms with Crippen LogP contribution in [0.1, 0.15) is 51.6 Å². The Morgan fingerprint density at radius 2 is 1.83 bits per heavy atom. The quantitative estimate of drug-likeness (QED) is 0.940. The van der Waals surface area contributed by atoms with E-state index in [0.717, 1.165) is 40.9 Å². The Labute approximate surface area is 136 Å². The van der Waals surface area contributed by atoms with Crippen LogP contribution < -0.4 is 10.9 Å². The van der Waals surface area contributed by atoms with Crippen molar-refractivity contribution in [1.29, 1.82) is 0 Å². The first-order valence-corrected chi connectivity index (χ1v) is 8.00. The summed E-state index contributed by atoms with van der Waals surface area (Å²) in [4.78, 5) is 25.5. The van der Waals surface area contributed by atoms with Crippen molar-refractivity contribution in [2.75, 3.05) is 5.32 Å². The van der Waals surface area contributed by atoms with Crippen LogP contribution in [-0.2, 0) is 0 Å². The smallest absolute Gasteiger partial charge is 0.264 e. The molecular weight excluding hydrogens is 288 g/mol. The predicted molar refractivity (Wildman–Crippen MR) is 92.3 cm³/mol. The summed E-state index contributed by atoms with van der Waals surface area (Å²) in [6.07, 6.45) is 2.03. The van der Waals surface area contributed by atoms with Gasteiger partial charge in [0.05, 0.1) is 0 Å². The summed E-state index contributed by atoms with van der Waals surface area (Å²) in [6.45, 7) is 7.72. The number of pyridine rings is 1. The van der Waals surface area contributed by atoms with Gasteiger partial charge in [-0.25, -0.2) is 0 Å². The van der Waals surface area contributed by atoms with Crippen LogP contribution >= 0.6 is 0 Å². The molecule has 3 rings (SSSR count). The molecule has 4 heteroatoms. The van der Waals surface area contributed by atoms with Gasteiger partial charge in [-0.05, 0) is 69.4 Å². The SMILES string of the molecule is Cc1cccc(NC(=O)c2c(C)cc(C)n(C3CC3)c2=O)c1C. The van der Waals surface area contributed by atoms with Crippen LogP contribution in [0.5, 0.6) is 0 Å². The highest BCUT2D eigenvalue weighted by Crippen LogP contribution is 2.34. The molecule has 0 saturated heterocycles. The van der Waals surface area contributed by atoms with Gasteiger partial charge in [0.15, 0.2) is 0 Å². The maximum atomic E-state index is 12.8. The molecule has 0 bridgehead atoms. The molecule has 1 fully saturated rings. The number of hydrogen-bond acceptors (Lipinski definition) is 2. The minimum atomic E-state index is -0.324. The zero-order chi connectivity index (χ0) is 16.7. The number of anilines is 1. The van der Waals surface area contributed by atoms with Crippen molar-refractivity contribution in [3.8, 4) is 0 Å². The van der Waals surface area contributed by atoms with E-state index in [0.29, 0.717) is 0 Å². The van der Waals surface area contributed by atoms with Gasteiger partial charge in [0, 0.05) is 17.4 Å². The highest BCUT2D eigenvalue weighted by atomic mass is 16.2. The number of amides is 1. The number of aromatic nitrogens is 1. The molecule has 0 aliphatic heterocycles. The highest BCUT2D eigenvalue weighted by molar-refractivity contribution is 6.05. The Morgan fingerprint density at radius 3 is 2.48 bits per heavy atom. The molecule has 23 heavy (non-hydrogen) atoms. The van der Waals surface area contributed by atoms with E-state index in [9.17, 15) is 9.59 Å². The summed E-state index contributed by atoms with van der Waals surface area (Å²) in [5.41, 5.74) is 4.63. The Morgan fingerprint density at radius 1 is 1.13 bits per heavy atom. The molecule has 1 aromatic heterocycles. The number of benzene rings is 1. The lowest BCUT2D eigenvalue weighted by Crippen LogP contribution is -2.31. The Balaban J connectivity index is 2.01. The van der Waals surface area contributed by atoms with Crippen molar-refractivity contribution >= 4 is 11.6 Å². The van der Waals surface area contributed by atoms with Crippen molar-refractivity contribution in [2.45, 2.75) is 46.6 Å². The van der Waals surface area contributed by atoms with Crippen LogP contribution in [0.2, 0.25) is 0 Å². The third-order valence-corrected chi connectivity index (χ3v) is 4.62. The van der Waals surface area contributed by atoms with E-state index >= 15 is 0 Å². The summed E-state index contributed by atoms with van der Waals surface area (Å²) in [5, 5.41) is 2.90. The van der Waals surface area contributed by atoms with Crippen LogP contribution in [0.15, 0.2) is 29.1 Å². The van der Waals surface area contributed by atoms with Crippen LogP contribution in [0.4, 0.5) is 5.69 Å². The Kier molecular flexibility index (Phi) is 3.84. The number of nitrogens with zero attached hydrogens (tertiary/aromatic N) is 1. The molecule has 120 valence electrons. The van der Waals surface area contributed by atoms with Gasteiger partial charge in [-0.2, -0.15) is 0 Å². The van der Waals surface area contributed by atoms with Crippen molar-refractivity contribution in [2.24, 2.45) is 0 Å². The van der Waals surface area contributed by atoms with E-state index < -0.39 is 0 Å². The number of hydrogen-bond donors (Lipinski definition) is 1. The second kappa shape index (κ2) is 5.69. The second-order valence-corrected chi connectivity index (χ2v) is 6.45. The van der Waals surface area contributed by atoms with Crippen molar-refractivity contribution in [3.05, 3.63) is 62.6 Å². The fraction of sp³-hybridized carbons (Fsp3) is 0.368. The van der Waals surface area contributed by atoms with Gasteiger partial charge >= 0.3 is 0 Å². The minimum absolute atomic E-state index is 0.173. The molecule has 4 nitrogen and oxygen atoms in total. The molecule has 1 aromatic carbocycles. The number of nitrogens with one attached hydrogen (secondary N) is 1. The largest absolute Gasteiger partial charge is 0.322 e. The summed E-state index contributed by atoms with van der Waals surface area (Å²) < 4.78 is 1.77. The molecule has 0 atom stereocenters. The van der Waals surface area contributed by atoms with Crippen molar-refractivity contribution in [1.82, 2.24) is 4.57 Å². The molecule has 1 aliphatic carbocycles. The van der Waals surface area contributed by atoms with E-state index in [1.54, 1.807) is 4.57 Å². The topological polar surface area (TPSA) is 51.1 Å². The van der Waals surface area contributed by atoms with Gasteiger partial charge in [0.2, 0.25) is 0 Å². The molecule has 0 unspecified atom stereocenters. The van der Waals surface area contributed by atoms with E-state index in [-0.39, 0.29) is 23.1 Å². The van der Waals surface area contributed by atoms with Crippen LogP contribution in [0, 0.1) is 27.7 Å². The van der Waals surface area contributed by atoms with Crippen LogP contribution in [-0.4, -0.2) is 10.5 Å². The Hall–Kier alpha value is -2.36. The van der Waals surface area contributed by atoms with Gasteiger partial charge in [0.1, 0.15) is 5.56 Å². The fourth-order valence-corrected chi connectivity index (χ4v) is 3.04. The standard InChI is InChI=1S/C19H22N2O2/c1-11-6-5-7-16(14(11)4)20-18(22)17-12(2)10-13(3)21(19(17)23)15-8-9-15/h5-7,10,15H,8-9H2,1-4H3,(H,20,22). The molecule has 0 radical (unpaired) electrons. The monoisotopic (exact) mass is 310 g/mol. The first-order valence-electron chi connectivity index (χ1n) is 8.00. The van der Waals surface area contributed by atoms with Crippen molar-refractivity contribution in [3.63, 3.8) is 0 Å². The minimum Gasteiger partial charge on any atom is -0.322 e. The van der Waals surface area contributed by atoms with Crippen LogP contribution in [0.3, 0.4) is 0 Å². The molecule has 2 aromatic rings. The van der Waals surface area contributed by atoms with Gasteiger partial charge < -0.3 is 9.88 Å². The molecule has 1 heterocycles. The highest BCUT2D eigenvalue weighted by Gasteiger charge is 2.28. The molecule has 1 saturated carbocycles. The number of rotatable bonds is 3. The number of carbonyl (C=O) groups excluding carboxylic acids is 1. The van der Waals surface area contributed by atoms with Crippen molar-refractivity contribution < 1.29 is 4.79 Å². The first-order chi connectivity index (χ1) is 10.9. The normalized spacial score (nSPS) is 13.9. The fourth-order valence-electron chi connectivity index (χ4n) is 3.04. The second-order valence-electron chi connectivity index (χ2n) is 6.45. The summed E-state index contributed by atoms with van der Waals surface area (Å²) in [7, 11) is 0. The average Bonchev–Trinajstić information content (AvgIpc) is 3.28. The molecule has 0 spiro atoms. The molecule has 1 aliphatic rings. The summed E-state index contributed by atoms with van der Waals surface area (Å²) in [5.74, 6) is -0.324. The number of carbonyl (C=O) groups is 1. The van der Waals surface area contributed by atoms with Gasteiger partial charge in [0.25, 0.3) is 11.5 Å². The third-order valence-electron chi connectivity index (χ3n) is 4.62. The summed E-state index contributed by atoms with van der Waals surface area (Å²) >= 11 is 0. The molecule has 1 N–H and O–H groups in total. The zero-order valence-corrected chi connectivity index (χ0v) is 14.1. The Bertz CT molecular complexity index is 845. The average molecular weight is 310 g/mol. The molecular formula is C19H22N2O2. The molecule has 1 amide bonds. The van der Waals surface area contributed by atoms with E-state index in [1.165, 1.54) is 0 Å². The van der Waals surface area contributed by atoms with Crippen LogP contribution in [0.25, 0.3) is 0 Å². The predicted octanol–water partition coefficient (Wildman–Crippen LogP) is 3.67. The van der Waals surface area contributed by atoms with E-state index in [2.05, 4.69) is 5.32 Å². The van der Waals surface area contributed by atoms with E-state index in [4.69, 9.17) is 0 Å². The van der Waals surface area contributed by atoms with Gasteiger partial charge in [-0.3, -0.25) is 9.59 Å². The lowest BCUT2D eigenvalue weighted by Gasteiger charge is -2.15. The lowest BCUT2D eigenvalue weighted by molar-refractivity contribution is 0.102. The third kappa shape index (κ3) is 2.81. The lowest BCUT2D eigenvalue weighted by atomic mass is 10.1. The zero-order valence-electron chi connectivity index (χ0n) is 14.1. The van der Waals surface area contributed by atoms with Gasteiger partial charge in [-0.15, -0.1) is 0 Å². The van der Waals surface area contributed by atoms with Gasteiger partial charge in [-0.1, -0.05) is 12.1 Å².